The van der Waals surface area contributed by atoms with Crippen LogP contribution in [0.5, 0.6) is 23.0 Å². The summed E-state index contributed by atoms with van der Waals surface area (Å²) in [6.07, 6.45) is 3.74. The van der Waals surface area contributed by atoms with E-state index in [1.54, 1.807) is 0 Å². The van der Waals surface area contributed by atoms with Gasteiger partial charge in [-0.25, -0.2) is 0 Å². The van der Waals surface area contributed by atoms with Gasteiger partial charge in [0.25, 0.3) is 0 Å². The summed E-state index contributed by atoms with van der Waals surface area (Å²) in [6, 6.07) is 63.4. The number of hydrogen-bond acceptors (Lipinski definition) is 4. The molecule has 0 aliphatic rings. The van der Waals surface area contributed by atoms with Crippen LogP contribution in [0.1, 0.15) is 33.4 Å². The summed E-state index contributed by atoms with van der Waals surface area (Å²) in [5.41, 5.74) is 1.80. The van der Waals surface area contributed by atoms with Crippen molar-refractivity contribution in [3.63, 3.8) is 0 Å². The smallest absolute Gasteiger partial charge is 0.188 e. The van der Waals surface area contributed by atoms with Crippen molar-refractivity contribution in [1.29, 1.82) is 0 Å². The molecule has 258 valence electrons. The van der Waals surface area contributed by atoms with Gasteiger partial charge in [0.2, 0.25) is 0 Å². The molecule has 8 rings (SSSR count). The summed E-state index contributed by atoms with van der Waals surface area (Å²) >= 11 is 0. The first kappa shape index (κ1) is 33.5. The monoisotopic (exact) mass is 691 g/mol. The predicted molar refractivity (Wildman–Crippen MR) is 209 cm³/mol. The molecule has 0 saturated heterocycles. The van der Waals surface area contributed by atoms with Gasteiger partial charge in [-0.2, -0.15) is 0 Å². The lowest BCUT2D eigenvalue weighted by Gasteiger charge is -2.32. The largest absolute Gasteiger partial charge is 0.451 e. The van der Waals surface area contributed by atoms with Gasteiger partial charge in [-0.1, -0.05) is 176 Å². The SMILES string of the molecule is OC(c1ccccc1)(c1ccccc1)c1ccccc1Oc1cn(-c2ccccc2)cc1Oc1ccccc1C(O)(c1ccccc1)c1ccccc1. The number of aliphatic hydroxyl groups is 2. The molecule has 0 bridgehead atoms. The van der Waals surface area contributed by atoms with Crippen molar-refractivity contribution in [2.75, 3.05) is 0 Å². The number of hydrogen-bond donors (Lipinski definition) is 2. The molecule has 0 fully saturated rings. The fourth-order valence-corrected chi connectivity index (χ4v) is 6.94. The van der Waals surface area contributed by atoms with Gasteiger partial charge >= 0.3 is 0 Å². The highest BCUT2D eigenvalue weighted by molar-refractivity contribution is 5.57. The lowest BCUT2D eigenvalue weighted by atomic mass is 9.80. The lowest BCUT2D eigenvalue weighted by molar-refractivity contribution is 0.122. The Labute approximate surface area is 309 Å². The van der Waals surface area contributed by atoms with E-state index in [1.165, 1.54) is 0 Å². The van der Waals surface area contributed by atoms with E-state index in [9.17, 15) is 10.2 Å². The van der Waals surface area contributed by atoms with Crippen molar-refractivity contribution < 1.29 is 19.7 Å². The van der Waals surface area contributed by atoms with Gasteiger partial charge in [-0.05, 0) is 46.5 Å². The van der Waals surface area contributed by atoms with Crippen LogP contribution in [-0.4, -0.2) is 14.8 Å². The third-order valence-electron chi connectivity index (χ3n) is 9.57. The minimum atomic E-state index is -1.53. The normalized spacial score (nSPS) is 11.6. The molecule has 0 spiro atoms. The van der Waals surface area contributed by atoms with Crippen molar-refractivity contribution in [2.24, 2.45) is 0 Å². The van der Waals surface area contributed by atoms with Crippen molar-refractivity contribution in [3.05, 3.63) is 246 Å². The first-order valence-corrected chi connectivity index (χ1v) is 17.5. The Hall–Kier alpha value is -6.66. The third-order valence-corrected chi connectivity index (χ3v) is 9.57. The number of benzene rings is 7. The quantitative estimate of drug-likeness (QED) is 0.133. The maximum absolute atomic E-state index is 12.8. The van der Waals surface area contributed by atoms with E-state index in [-0.39, 0.29) is 0 Å². The number of para-hydroxylation sites is 3. The molecule has 0 aliphatic carbocycles. The zero-order valence-electron chi connectivity index (χ0n) is 28.9. The molecule has 1 heterocycles. The fraction of sp³-hybridized carbons (Fsp3) is 0.0417. The summed E-state index contributed by atoms with van der Waals surface area (Å²) in [5.74, 6) is 1.75. The molecule has 0 aliphatic heterocycles. The second kappa shape index (κ2) is 14.5. The Bertz CT molecular complexity index is 2180. The van der Waals surface area contributed by atoms with Crippen molar-refractivity contribution in [2.45, 2.75) is 11.2 Å². The average Bonchev–Trinajstić information content (AvgIpc) is 3.63. The van der Waals surface area contributed by atoms with Crippen LogP contribution in [0.4, 0.5) is 0 Å². The van der Waals surface area contributed by atoms with Gasteiger partial charge in [0.1, 0.15) is 22.7 Å². The van der Waals surface area contributed by atoms with E-state index in [2.05, 4.69) is 0 Å². The molecular weight excluding hydrogens is 655 g/mol. The van der Waals surface area contributed by atoms with Gasteiger partial charge in [-0.3, -0.25) is 0 Å². The van der Waals surface area contributed by atoms with Crippen LogP contribution in [0.3, 0.4) is 0 Å². The fourth-order valence-electron chi connectivity index (χ4n) is 6.94. The Morgan fingerprint density at radius 3 is 0.943 bits per heavy atom. The topological polar surface area (TPSA) is 63.9 Å². The second-order valence-electron chi connectivity index (χ2n) is 12.8. The molecule has 1 aromatic heterocycles. The van der Waals surface area contributed by atoms with Gasteiger partial charge in [0, 0.05) is 16.8 Å². The Morgan fingerprint density at radius 2 is 0.604 bits per heavy atom. The van der Waals surface area contributed by atoms with Gasteiger partial charge in [0.05, 0.1) is 12.4 Å². The molecule has 0 radical (unpaired) electrons. The number of ether oxygens (including phenoxy) is 2. The van der Waals surface area contributed by atoms with Crippen LogP contribution in [0.15, 0.2) is 213 Å². The maximum atomic E-state index is 12.8. The first-order chi connectivity index (χ1) is 26.0. The third kappa shape index (κ3) is 6.40. The molecule has 5 heteroatoms. The van der Waals surface area contributed by atoms with E-state index in [1.807, 2.05) is 217 Å². The van der Waals surface area contributed by atoms with Crippen LogP contribution in [-0.2, 0) is 11.2 Å². The van der Waals surface area contributed by atoms with Gasteiger partial charge in [0.15, 0.2) is 11.5 Å². The molecule has 0 saturated carbocycles. The summed E-state index contributed by atoms with van der Waals surface area (Å²) < 4.78 is 15.6. The Morgan fingerprint density at radius 1 is 0.321 bits per heavy atom. The summed E-state index contributed by atoms with van der Waals surface area (Å²) in [6.45, 7) is 0. The predicted octanol–water partition coefficient (Wildman–Crippen LogP) is 10.6. The average molecular weight is 692 g/mol. The van der Waals surface area contributed by atoms with E-state index in [0.29, 0.717) is 56.4 Å². The van der Waals surface area contributed by atoms with E-state index in [4.69, 9.17) is 9.47 Å². The molecular formula is C48H37NO4. The van der Waals surface area contributed by atoms with Crippen molar-refractivity contribution >= 4 is 0 Å². The van der Waals surface area contributed by atoms with E-state index >= 15 is 0 Å². The number of nitrogens with zero attached hydrogens (tertiary/aromatic N) is 1. The molecule has 7 aromatic carbocycles. The minimum absolute atomic E-state index is 0.419. The summed E-state index contributed by atoms with van der Waals surface area (Å²) in [5, 5.41) is 25.5. The second-order valence-corrected chi connectivity index (χ2v) is 12.8. The standard InChI is InChI=1S/C48H37NO4/c50-47(36-20-6-1-7-21-36,37-22-8-2-9-23-37)41-30-16-18-32-43(41)52-45-34-49(40-28-14-5-15-29-40)35-46(45)53-44-33-19-17-31-42(44)48(51,38-24-10-3-11-25-38)39-26-12-4-13-27-39/h1-35,50-51H. The zero-order valence-corrected chi connectivity index (χ0v) is 28.9. The lowest BCUT2D eigenvalue weighted by Crippen LogP contribution is -2.29. The molecule has 53 heavy (non-hydrogen) atoms. The van der Waals surface area contributed by atoms with Crippen LogP contribution in [0.2, 0.25) is 0 Å². The highest BCUT2D eigenvalue weighted by atomic mass is 16.5. The van der Waals surface area contributed by atoms with Crippen molar-refractivity contribution in [3.8, 4) is 28.7 Å². The number of aromatic nitrogens is 1. The molecule has 5 nitrogen and oxygen atoms in total. The summed E-state index contributed by atoms with van der Waals surface area (Å²) in [7, 11) is 0. The van der Waals surface area contributed by atoms with Gasteiger partial charge < -0.3 is 24.3 Å². The van der Waals surface area contributed by atoms with Crippen LogP contribution in [0, 0.1) is 0 Å². The molecule has 2 N–H and O–H groups in total. The van der Waals surface area contributed by atoms with E-state index < -0.39 is 11.2 Å². The van der Waals surface area contributed by atoms with Gasteiger partial charge in [-0.15, -0.1) is 0 Å². The molecule has 0 unspecified atom stereocenters. The highest BCUT2D eigenvalue weighted by Gasteiger charge is 2.38. The van der Waals surface area contributed by atoms with Crippen LogP contribution < -0.4 is 9.47 Å². The van der Waals surface area contributed by atoms with Crippen LogP contribution >= 0.6 is 0 Å². The molecule has 0 amide bonds. The maximum Gasteiger partial charge on any atom is 0.188 e. The first-order valence-electron chi connectivity index (χ1n) is 17.5. The minimum Gasteiger partial charge on any atom is -0.451 e. The van der Waals surface area contributed by atoms with Crippen molar-refractivity contribution in [1.82, 2.24) is 4.57 Å². The summed E-state index contributed by atoms with van der Waals surface area (Å²) in [4.78, 5) is 0. The Kier molecular flexibility index (Phi) is 9.18. The molecule has 8 aromatic rings. The van der Waals surface area contributed by atoms with Crippen LogP contribution in [0.25, 0.3) is 5.69 Å². The molecule has 0 atom stereocenters. The van der Waals surface area contributed by atoms with E-state index in [0.717, 1.165) is 5.69 Å². The zero-order chi connectivity index (χ0) is 36.1. The number of rotatable bonds is 11. The highest BCUT2D eigenvalue weighted by Crippen LogP contribution is 2.47. The Balaban J connectivity index is 1.27.